The van der Waals surface area contributed by atoms with E-state index >= 15 is 0 Å². The van der Waals surface area contributed by atoms with Crippen LogP contribution in [0.4, 0.5) is 0 Å². The van der Waals surface area contributed by atoms with Gasteiger partial charge in [-0.25, -0.2) is 0 Å². The van der Waals surface area contributed by atoms with E-state index in [0.29, 0.717) is 42.7 Å². The van der Waals surface area contributed by atoms with Gasteiger partial charge in [0.1, 0.15) is 17.3 Å². The Morgan fingerprint density at radius 2 is 0.524 bits per heavy atom. The number of carbonyl (C=O) groups excluding carboxylic acids is 7. The zero-order valence-corrected chi connectivity index (χ0v) is 93.7. The zero-order chi connectivity index (χ0) is 105. The number of nitrogens with one attached hydrogen (secondary N) is 1. The molecule has 12 rings (SSSR count). The Kier molecular flexibility index (Phi) is 43.0. The fourth-order valence-corrected chi connectivity index (χ4v) is 21.5. The summed E-state index contributed by atoms with van der Waals surface area (Å²) in [6, 6.07) is 60.5. The van der Waals surface area contributed by atoms with Crippen LogP contribution in [0.3, 0.4) is 0 Å². The van der Waals surface area contributed by atoms with E-state index in [2.05, 4.69) is 293 Å². The molecule has 0 saturated heterocycles. The maximum absolute atomic E-state index is 13.8. The second-order valence-electron chi connectivity index (χ2n) is 48.4. The molecule has 4 aliphatic carbocycles. The van der Waals surface area contributed by atoms with Gasteiger partial charge in [-0.1, -0.05) is 409 Å². The number of ketones is 6. The van der Waals surface area contributed by atoms with Crippen LogP contribution in [-0.4, -0.2) is 47.2 Å². The summed E-state index contributed by atoms with van der Waals surface area (Å²) in [6.07, 6.45) is 40.5. The molecule has 0 saturated carbocycles. The van der Waals surface area contributed by atoms with Crippen LogP contribution in [0.15, 0.2) is 176 Å². The molecule has 1 amide bonds. The van der Waals surface area contributed by atoms with Crippen LogP contribution in [0, 0.1) is 11.8 Å². The van der Waals surface area contributed by atoms with E-state index in [4.69, 9.17) is 0 Å². The van der Waals surface area contributed by atoms with Crippen LogP contribution < -0.4 is 5.32 Å². The molecule has 2 atom stereocenters. The normalized spacial score (nSPS) is 16.9. The predicted octanol–water partition coefficient (Wildman–Crippen LogP) is 36.9. The Bertz CT molecular complexity index is 5770. The lowest BCUT2D eigenvalue weighted by atomic mass is 9.63. The number of hydrogen-bond acceptors (Lipinski definition) is 7. The minimum absolute atomic E-state index is 0.0261. The van der Waals surface area contributed by atoms with Crippen LogP contribution in [-0.2, 0) is 62.5 Å². The minimum atomic E-state index is -0.437. The lowest BCUT2D eigenvalue weighted by Crippen LogP contribution is -2.33. The highest BCUT2D eigenvalue weighted by Gasteiger charge is 2.42. The molecule has 0 radical (unpaired) electrons. The molecule has 0 aliphatic heterocycles. The van der Waals surface area contributed by atoms with Gasteiger partial charge in [-0.05, 0) is 317 Å². The van der Waals surface area contributed by atoms with Gasteiger partial charge in [0.15, 0.2) is 17.3 Å². The van der Waals surface area contributed by atoms with Gasteiger partial charge in [0, 0.05) is 67.2 Å². The van der Waals surface area contributed by atoms with Gasteiger partial charge in [-0.15, -0.1) is 0 Å². The Morgan fingerprint density at radius 3 is 0.832 bits per heavy atom. The molecule has 770 valence electrons. The van der Waals surface area contributed by atoms with Crippen molar-refractivity contribution in [1.29, 1.82) is 0 Å². The largest absolute Gasteiger partial charge is 0.356 e. The lowest BCUT2D eigenvalue weighted by molar-refractivity contribution is -0.125. The third-order valence-corrected chi connectivity index (χ3v) is 32.5. The van der Waals surface area contributed by atoms with Crippen molar-refractivity contribution in [3.63, 3.8) is 0 Å². The zero-order valence-electron chi connectivity index (χ0n) is 93.7. The number of carbonyl (C=O) groups is 7. The Morgan fingerprint density at radius 1 is 0.273 bits per heavy atom. The third-order valence-electron chi connectivity index (χ3n) is 32.5. The van der Waals surface area contributed by atoms with E-state index in [1.807, 2.05) is 72.8 Å². The Balaban J connectivity index is 0.000000289. The summed E-state index contributed by atoms with van der Waals surface area (Å²) in [6.45, 7) is 63.0. The molecule has 0 aromatic heterocycles. The molecule has 1 N–H and O–H groups in total. The van der Waals surface area contributed by atoms with E-state index < -0.39 is 5.92 Å². The molecule has 0 bridgehead atoms. The minimum Gasteiger partial charge on any atom is -0.356 e. The number of Topliss-reactive ketones (excluding diaryl/α,β-unsaturated/α-hetero) is 6. The first-order chi connectivity index (χ1) is 67.4. The monoisotopic (exact) mass is 1930 g/mol. The van der Waals surface area contributed by atoms with Gasteiger partial charge in [0.2, 0.25) is 5.91 Å². The van der Waals surface area contributed by atoms with Crippen LogP contribution in [0.5, 0.6) is 0 Å². The van der Waals surface area contributed by atoms with Gasteiger partial charge in [0.05, 0.1) is 0 Å². The number of fused-ring (bicyclic) bond motifs is 4. The molecular formula is C135H183NO7. The molecule has 8 heteroatoms. The van der Waals surface area contributed by atoms with Crippen molar-refractivity contribution in [2.24, 2.45) is 11.8 Å². The van der Waals surface area contributed by atoms with E-state index in [9.17, 15) is 33.6 Å². The first-order valence-corrected chi connectivity index (χ1v) is 55.2. The first kappa shape index (κ1) is 117. The second kappa shape index (κ2) is 52.8. The Labute approximate surface area is 867 Å². The topological polar surface area (TPSA) is 132 Å². The summed E-state index contributed by atoms with van der Waals surface area (Å²) in [4.78, 5) is 88.5. The fraction of sp³-hybridized carbons (Fsp3) is 0.519. The first-order valence-electron chi connectivity index (χ1n) is 55.2. The van der Waals surface area contributed by atoms with Crippen molar-refractivity contribution in [2.45, 2.75) is 435 Å². The van der Waals surface area contributed by atoms with Gasteiger partial charge in [-0.2, -0.15) is 0 Å². The van der Waals surface area contributed by atoms with Crippen LogP contribution in [0.25, 0.3) is 52.2 Å². The Hall–Kier alpha value is -10.1. The fourth-order valence-electron chi connectivity index (χ4n) is 21.5. The van der Waals surface area contributed by atoms with Crippen molar-refractivity contribution in [1.82, 2.24) is 5.32 Å². The second-order valence-corrected chi connectivity index (χ2v) is 48.4. The van der Waals surface area contributed by atoms with Crippen molar-refractivity contribution in [3.8, 4) is 0 Å². The number of unbranched alkanes of at least 4 members (excludes halogenated alkanes) is 12. The predicted molar refractivity (Wildman–Crippen MR) is 613 cm³/mol. The summed E-state index contributed by atoms with van der Waals surface area (Å²) >= 11 is 0. The standard InChI is InChI=1S/C66H87NO4.C58H72O2.C7H14O.C4H10/c1-46(53-32-34-56-58(43-53)65(8,9)38-36-63(56,4)5)41-49-24-28-51(29-25-49)60(69)23-19-16-18-22-55(62(71)67-40-20-15-13-12-14-17-21-48(3)68)45-61(70)52-30-26-50(27-31-52)42-47(2)54-33-35-57-59(44-54)66(10,11)39-37-64(57,6)7;1-39(45-22-18-43(19-23-45)34-40(2)47-26-28-50-52(36-47)57(9,10)32-30-55(50,5)6)16-14-13-15-17-49(42(4)59)38-54(60)46-24-20-44(21-25-46)35-41(3)48-27-29-51-53(37-48)58(11,12)33-31-56(51,7)8;1-3-4-5-6-7(2)8;1-3-4-2/h24-35,41-44,55H,12-23,36-40,45H2,1-11H3,(H,67,71);18-29,34-37,49H,1,13-17,30-33,38H2,2-12H3;3-6H2,1-2H3;3-4H2,1-2H3/b46-41+,47-42+;40-34+,41-35+;;. The molecule has 0 heterocycles. The van der Waals surface area contributed by atoms with E-state index in [0.717, 1.165) is 131 Å². The van der Waals surface area contributed by atoms with Crippen molar-refractivity contribution < 1.29 is 33.6 Å². The quantitative estimate of drug-likeness (QED) is 0.0228. The highest BCUT2D eigenvalue weighted by atomic mass is 16.2. The highest BCUT2D eigenvalue weighted by Crippen LogP contribution is 2.51. The molecule has 4 aliphatic rings. The van der Waals surface area contributed by atoms with Crippen molar-refractivity contribution >= 4 is 92.8 Å². The molecule has 8 aromatic carbocycles. The molecule has 2 unspecified atom stereocenters. The maximum atomic E-state index is 13.8. The SMILES string of the molecule is C=C(CCCCCC(CC(=O)c1ccc(/C=C(\C)c2ccc3c(c2)C(C)(C)CCC3(C)C)cc1)C(C)=O)c1ccc(/C=C(\C)c2ccc3c(c2)C(C)(C)CCC3(C)C)cc1.CC(=O)CCCCCCCCNC(=O)C(CCCCCC(=O)c1ccc(/C=C(\C)c2ccc3c(c2)C(C)(C)CCC3(C)C)cc1)CC(=O)c1ccc(/C=C(\C)c2ccc3c(c2)C(C)(C)CCC3(C)C)cc1.CCCC.CCCCCC(C)=O. The molecule has 8 aromatic rings. The summed E-state index contributed by atoms with van der Waals surface area (Å²) in [5.74, 6) is 0.0651. The molecule has 0 fully saturated rings. The van der Waals surface area contributed by atoms with E-state index in [1.54, 1.807) is 20.8 Å². The summed E-state index contributed by atoms with van der Waals surface area (Å²) in [7, 11) is 0. The third kappa shape index (κ3) is 34.0. The summed E-state index contributed by atoms with van der Waals surface area (Å²) in [5, 5.41) is 3.15. The molecule has 8 nitrogen and oxygen atoms in total. The van der Waals surface area contributed by atoms with Gasteiger partial charge >= 0.3 is 0 Å². The number of amides is 1. The van der Waals surface area contributed by atoms with Crippen LogP contribution in [0.1, 0.15) is 518 Å². The molecule has 0 spiro atoms. The average Bonchev–Trinajstić information content (AvgIpc) is 0.765. The van der Waals surface area contributed by atoms with Crippen LogP contribution in [0.2, 0.25) is 0 Å². The van der Waals surface area contributed by atoms with Gasteiger partial charge in [0.25, 0.3) is 0 Å². The molecule has 143 heavy (non-hydrogen) atoms. The number of allylic oxidation sites excluding steroid dienone is 5. The van der Waals surface area contributed by atoms with Gasteiger partial charge < -0.3 is 14.9 Å². The van der Waals surface area contributed by atoms with Crippen molar-refractivity contribution in [3.05, 3.63) is 288 Å². The van der Waals surface area contributed by atoms with Crippen LogP contribution >= 0.6 is 0 Å². The summed E-state index contributed by atoms with van der Waals surface area (Å²) < 4.78 is 0. The highest BCUT2D eigenvalue weighted by molar-refractivity contribution is 6.00. The summed E-state index contributed by atoms with van der Waals surface area (Å²) in [5.41, 5.74) is 31.8. The lowest BCUT2D eigenvalue weighted by Gasteiger charge is -2.42. The smallest absolute Gasteiger partial charge is 0.223 e. The van der Waals surface area contributed by atoms with E-state index in [1.165, 1.54) is 177 Å². The average molecular weight is 1930 g/mol. The van der Waals surface area contributed by atoms with Crippen molar-refractivity contribution in [2.75, 3.05) is 6.54 Å². The number of hydrogen-bond donors (Lipinski definition) is 1. The number of benzene rings is 8. The maximum Gasteiger partial charge on any atom is 0.223 e. The molecular weight excluding hydrogens is 1750 g/mol. The van der Waals surface area contributed by atoms with E-state index in [-0.39, 0.29) is 96.9 Å². The van der Waals surface area contributed by atoms with Gasteiger partial charge in [-0.3, -0.25) is 24.0 Å². The number of rotatable bonds is 44.